The molecule has 2 aromatic rings. The Morgan fingerprint density at radius 2 is 2.42 bits per heavy atom. The maximum Gasteiger partial charge on any atom is 0.185 e. The van der Waals surface area contributed by atoms with Crippen LogP contribution in [-0.2, 0) is 19.5 Å². The van der Waals surface area contributed by atoms with Crippen LogP contribution < -0.4 is 10.2 Å². The number of thiophene rings is 1. The van der Waals surface area contributed by atoms with E-state index in [9.17, 15) is 0 Å². The number of anilines is 1. The third kappa shape index (κ3) is 2.99. The Morgan fingerprint density at radius 1 is 1.47 bits per heavy atom. The lowest BCUT2D eigenvalue weighted by Crippen LogP contribution is -2.29. The zero-order valence-electron chi connectivity index (χ0n) is 11.2. The summed E-state index contributed by atoms with van der Waals surface area (Å²) in [6, 6.07) is 2.25. The van der Waals surface area contributed by atoms with Crippen molar-refractivity contribution >= 4 is 27.8 Å². The first-order valence-corrected chi connectivity index (χ1v) is 8.52. The van der Waals surface area contributed by atoms with Gasteiger partial charge < -0.3 is 10.2 Å². The Bertz CT molecular complexity index is 532. The summed E-state index contributed by atoms with van der Waals surface area (Å²) in [6.45, 7) is 6.34. The highest BCUT2D eigenvalue weighted by Gasteiger charge is 2.19. The SMILES string of the molecule is CCCNCc1cnc(N2CCc3sccc3C2)s1. The summed E-state index contributed by atoms with van der Waals surface area (Å²) in [6.07, 6.45) is 4.36. The molecule has 0 saturated heterocycles. The van der Waals surface area contributed by atoms with Crippen molar-refractivity contribution in [2.45, 2.75) is 32.9 Å². The van der Waals surface area contributed by atoms with Crippen LogP contribution in [-0.4, -0.2) is 18.1 Å². The quantitative estimate of drug-likeness (QED) is 0.858. The zero-order valence-corrected chi connectivity index (χ0v) is 12.8. The van der Waals surface area contributed by atoms with Crippen LogP contribution in [0.1, 0.15) is 28.7 Å². The molecule has 0 radical (unpaired) electrons. The van der Waals surface area contributed by atoms with E-state index in [4.69, 9.17) is 0 Å². The van der Waals surface area contributed by atoms with Gasteiger partial charge in [-0.3, -0.25) is 0 Å². The van der Waals surface area contributed by atoms with Gasteiger partial charge in [-0.2, -0.15) is 0 Å². The molecule has 1 N–H and O–H groups in total. The topological polar surface area (TPSA) is 28.2 Å². The van der Waals surface area contributed by atoms with Gasteiger partial charge in [0, 0.05) is 35.6 Å². The summed E-state index contributed by atoms with van der Waals surface area (Å²) in [5.74, 6) is 0. The number of nitrogens with zero attached hydrogens (tertiary/aromatic N) is 2. The lowest BCUT2D eigenvalue weighted by molar-refractivity contribution is 0.681. The van der Waals surface area contributed by atoms with Gasteiger partial charge in [0.2, 0.25) is 0 Å². The summed E-state index contributed by atoms with van der Waals surface area (Å²) >= 11 is 3.71. The lowest BCUT2D eigenvalue weighted by Gasteiger charge is -2.26. The number of rotatable bonds is 5. The smallest absolute Gasteiger partial charge is 0.185 e. The van der Waals surface area contributed by atoms with E-state index in [1.165, 1.54) is 22.0 Å². The molecule has 0 aromatic carbocycles. The molecule has 0 bridgehead atoms. The van der Waals surface area contributed by atoms with Gasteiger partial charge >= 0.3 is 0 Å². The van der Waals surface area contributed by atoms with E-state index in [1.54, 1.807) is 4.88 Å². The molecule has 0 spiro atoms. The normalized spacial score (nSPS) is 14.7. The van der Waals surface area contributed by atoms with E-state index in [1.807, 2.05) is 28.9 Å². The number of fused-ring (bicyclic) bond motifs is 1. The molecule has 19 heavy (non-hydrogen) atoms. The molecule has 0 atom stereocenters. The molecular formula is C14H19N3S2. The predicted octanol–water partition coefficient (Wildman–Crippen LogP) is 3.27. The summed E-state index contributed by atoms with van der Waals surface area (Å²) in [5, 5.41) is 6.81. The van der Waals surface area contributed by atoms with Crippen molar-refractivity contribution in [1.82, 2.24) is 10.3 Å². The molecule has 0 fully saturated rings. The van der Waals surface area contributed by atoms with E-state index >= 15 is 0 Å². The van der Waals surface area contributed by atoms with Crippen molar-refractivity contribution in [3.63, 3.8) is 0 Å². The first-order valence-electron chi connectivity index (χ1n) is 6.82. The largest absolute Gasteiger partial charge is 0.343 e. The Hall–Kier alpha value is -0.910. The van der Waals surface area contributed by atoms with Crippen LogP contribution in [0.3, 0.4) is 0 Å². The molecule has 1 aliphatic heterocycles. The van der Waals surface area contributed by atoms with Gasteiger partial charge in [-0.25, -0.2) is 4.98 Å². The molecule has 3 heterocycles. The lowest BCUT2D eigenvalue weighted by atomic mass is 10.1. The number of hydrogen-bond donors (Lipinski definition) is 1. The van der Waals surface area contributed by atoms with Crippen LogP contribution in [0.4, 0.5) is 5.13 Å². The molecule has 1 aliphatic rings. The number of hydrogen-bond acceptors (Lipinski definition) is 5. The van der Waals surface area contributed by atoms with Gasteiger partial charge in [0.15, 0.2) is 5.13 Å². The Kier molecular flexibility index (Phi) is 4.15. The number of aromatic nitrogens is 1. The van der Waals surface area contributed by atoms with E-state index in [0.29, 0.717) is 0 Å². The second-order valence-corrected chi connectivity index (χ2v) is 6.92. The maximum atomic E-state index is 4.58. The molecule has 102 valence electrons. The Balaban J connectivity index is 1.64. The number of nitrogens with one attached hydrogen (secondary N) is 1. The van der Waals surface area contributed by atoms with Gasteiger partial charge in [-0.1, -0.05) is 6.92 Å². The second kappa shape index (κ2) is 6.03. The summed E-state index contributed by atoms with van der Waals surface area (Å²) in [7, 11) is 0. The van der Waals surface area contributed by atoms with Gasteiger partial charge in [0.25, 0.3) is 0 Å². The van der Waals surface area contributed by atoms with Crippen molar-refractivity contribution in [3.8, 4) is 0 Å². The van der Waals surface area contributed by atoms with Crippen molar-refractivity contribution in [2.24, 2.45) is 0 Å². The fourth-order valence-corrected chi connectivity index (χ4v) is 4.12. The van der Waals surface area contributed by atoms with Crippen LogP contribution in [0.15, 0.2) is 17.6 Å². The highest BCUT2D eigenvalue weighted by molar-refractivity contribution is 7.15. The second-order valence-electron chi connectivity index (χ2n) is 4.83. The van der Waals surface area contributed by atoms with Gasteiger partial charge in [-0.15, -0.1) is 22.7 Å². The molecular weight excluding hydrogens is 274 g/mol. The maximum absolute atomic E-state index is 4.58. The first-order chi connectivity index (χ1) is 9.36. The Morgan fingerprint density at radius 3 is 3.32 bits per heavy atom. The summed E-state index contributed by atoms with van der Waals surface area (Å²) < 4.78 is 0. The number of thiazole rings is 1. The average Bonchev–Trinajstić information content (AvgIpc) is 3.06. The zero-order chi connectivity index (χ0) is 13.1. The predicted molar refractivity (Wildman–Crippen MR) is 83.2 cm³/mol. The fraction of sp³-hybridized carbons (Fsp3) is 0.500. The fourth-order valence-electron chi connectivity index (χ4n) is 2.33. The molecule has 3 nitrogen and oxygen atoms in total. The molecule has 2 aromatic heterocycles. The monoisotopic (exact) mass is 293 g/mol. The summed E-state index contributed by atoms with van der Waals surface area (Å²) in [4.78, 5) is 9.88. The van der Waals surface area contributed by atoms with Crippen molar-refractivity contribution in [2.75, 3.05) is 18.0 Å². The van der Waals surface area contributed by atoms with Crippen LogP contribution in [0, 0.1) is 0 Å². The third-order valence-electron chi connectivity index (χ3n) is 3.35. The molecule has 0 unspecified atom stereocenters. The van der Waals surface area contributed by atoms with Crippen LogP contribution in [0.2, 0.25) is 0 Å². The van der Waals surface area contributed by atoms with Gasteiger partial charge in [0.1, 0.15) is 0 Å². The highest BCUT2D eigenvalue weighted by atomic mass is 32.1. The van der Waals surface area contributed by atoms with Gasteiger partial charge in [0.05, 0.1) is 0 Å². The van der Waals surface area contributed by atoms with E-state index in [2.05, 4.69) is 33.6 Å². The Labute approximate surface area is 122 Å². The van der Waals surface area contributed by atoms with Gasteiger partial charge in [-0.05, 0) is 36.4 Å². The van der Waals surface area contributed by atoms with E-state index in [-0.39, 0.29) is 0 Å². The van der Waals surface area contributed by atoms with Crippen LogP contribution >= 0.6 is 22.7 Å². The first kappa shape index (κ1) is 13.1. The summed E-state index contributed by atoms with van der Waals surface area (Å²) in [5.41, 5.74) is 1.48. The standard InChI is InChI=1S/C14H19N3S2/c1-2-5-15-8-12-9-16-14(19-12)17-6-3-13-11(10-17)4-7-18-13/h4,7,9,15H,2-3,5-6,8,10H2,1H3. The van der Waals surface area contributed by atoms with Crippen LogP contribution in [0.5, 0.6) is 0 Å². The average molecular weight is 293 g/mol. The molecule has 0 aliphatic carbocycles. The highest BCUT2D eigenvalue weighted by Crippen LogP contribution is 2.30. The van der Waals surface area contributed by atoms with E-state index < -0.39 is 0 Å². The van der Waals surface area contributed by atoms with Crippen LogP contribution in [0.25, 0.3) is 0 Å². The molecule has 0 saturated carbocycles. The third-order valence-corrected chi connectivity index (χ3v) is 5.43. The minimum atomic E-state index is 0.947. The molecule has 3 rings (SSSR count). The minimum Gasteiger partial charge on any atom is -0.343 e. The molecule has 5 heteroatoms. The minimum absolute atomic E-state index is 0.947. The van der Waals surface area contributed by atoms with E-state index in [0.717, 1.165) is 32.6 Å². The van der Waals surface area contributed by atoms with Crippen molar-refractivity contribution in [3.05, 3.63) is 33.0 Å². The van der Waals surface area contributed by atoms with Crippen molar-refractivity contribution in [1.29, 1.82) is 0 Å². The van der Waals surface area contributed by atoms with Crippen molar-refractivity contribution < 1.29 is 0 Å². The molecule has 0 amide bonds.